The lowest BCUT2D eigenvalue weighted by Crippen LogP contribution is -2.36. The Balaban J connectivity index is 2.68. The second-order valence-corrected chi connectivity index (χ2v) is 3.56. The molecule has 2 amide bonds. The van der Waals surface area contributed by atoms with Crippen molar-refractivity contribution in [3.05, 3.63) is 29.3 Å². The summed E-state index contributed by atoms with van der Waals surface area (Å²) in [5, 5.41) is 3.92. The number of aldehydes is 1. The molecule has 7 heteroatoms. The number of nitrogens with one attached hydrogen (secondary N) is 2. The summed E-state index contributed by atoms with van der Waals surface area (Å²) in [6.45, 7) is 0.175. The molecule has 2 N–H and O–H groups in total. The smallest absolute Gasteiger partial charge is 0.329 e. The van der Waals surface area contributed by atoms with Crippen molar-refractivity contribution in [2.24, 2.45) is 0 Å². The molecule has 0 aliphatic heterocycles. The lowest BCUT2D eigenvalue weighted by atomic mass is 10.1. The van der Waals surface area contributed by atoms with Crippen LogP contribution in [0.5, 0.6) is 0 Å². The predicted molar refractivity (Wildman–Crippen MR) is 59.6 cm³/mol. The van der Waals surface area contributed by atoms with E-state index in [1.807, 2.05) is 0 Å². The van der Waals surface area contributed by atoms with Gasteiger partial charge in [-0.1, -0.05) is 12.1 Å². The van der Waals surface area contributed by atoms with Gasteiger partial charge in [0.15, 0.2) is 0 Å². The van der Waals surface area contributed by atoms with Gasteiger partial charge < -0.3 is 10.6 Å². The largest absolute Gasteiger partial charge is 0.405 e. The summed E-state index contributed by atoms with van der Waals surface area (Å²) in [6.07, 6.45) is -3.86. The van der Waals surface area contributed by atoms with Crippen molar-refractivity contribution in [2.45, 2.75) is 13.1 Å². The van der Waals surface area contributed by atoms with Gasteiger partial charge in [-0.3, -0.25) is 4.79 Å². The first-order valence-corrected chi connectivity index (χ1v) is 5.00. The minimum absolute atomic E-state index is 0.291. The van der Waals surface area contributed by atoms with Gasteiger partial charge in [0.2, 0.25) is 0 Å². The summed E-state index contributed by atoms with van der Waals surface area (Å²) >= 11 is 0. The summed E-state index contributed by atoms with van der Waals surface area (Å²) < 4.78 is 35.6. The van der Waals surface area contributed by atoms with Crippen LogP contribution in [0, 0.1) is 6.92 Å². The summed E-state index contributed by atoms with van der Waals surface area (Å²) in [5.74, 6) is 0. The molecule has 18 heavy (non-hydrogen) atoms. The lowest BCUT2D eigenvalue weighted by Gasteiger charge is -2.12. The molecule has 0 unspecified atom stereocenters. The van der Waals surface area contributed by atoms with Crippen molar-refractivity contribution < 1.29 is 22.8 Å². The van der Waals surface area contributed by atoms with Gasteiger partial charge in [-0.15, -0.1) is 0 Å². The summed E-state index contributed by atoms with van der Waals surface area (Å²) in [5.41, 5.74) is 1.15. The molecular weight excluding hydrogens is 249 g/mol. The molecule has 0 bridgehead atoms. The highest BCUT2D eigenvalue weighted by molar-refractivity contribution is 5.92. The Labute approximate surface area is 101 Å². The van der Waals surface area contributed by atoms with E-state index in [-0.39, 0.29) is 0 Å². The zero-order valence-electron chi connectivity index (χ0n) is 9.47. The number of carbonyl (C=O) groups excluding carboxylic acids is 2. The number of amides is 2. The Hall–Kier alpha value is -2.05. The van der Waals surface area contributed by atoms with Crippen LogP contribution in [0.3, 0.4) is 0 Å². The molecule has 0 radical (unpaired) electrons. The van der Waals surface area contributed by atoms with Crippen LogP contribution in [-0.2, 0) is 0 Å². The third-order valence-corrected chi connectivity index (χ3v) is 2.20. The zero-order valence-corrected chi connectivity index (χ0v) is 9.47. The molecule has 0 heterocycles. The first-order chi connectivity index (χ1) is 8.33. The highest BCUT2D eigenvalue weighted by atomic mass is 19.4. The lowest BCUT2D eigenvalue weighted by molar-refractivity contribution is -0.122. The number of hydrogen-bond donors (Lipinski definition) is 2. The molecule has 0 atom stereocenters. The van der Waals surface area contributed by atoms with E-state index < -0.39 is 18.8 Å². The van der Waals surface area contributed by atoms with Crippen LogP contribution < -0.4 is 10.6 Å². The highest BCUT2D eigenvalue weighted by Gasteiger charge is 2.27. The topological polar surface area (TPSA) is 58.2 Å². The van der Waals surface area contributed by atoms with Crippen molar-refractivity contribution >= 4 is 18.0 Å². The van der Waals surface area contributed by atoms with Crippen LogP contribution in [0.1, 0.15) is 15.9 Å². The Bertz CT molecular complexity index is 458. The van der Waals surface area contributed by atoms with E-state index in [0.717, 1.165) is 0 Å². The summed E-state index contributed by atoms with van der Waals surface area (Å²) in [4.78, 5) is 21.8. The summed E-state index contributed by atoms with van der Waals surface area (Å²) in [6, 6.07) is 3.59. The predicted octanol–water partition coefficient (Wildman–Crippen LogP) is 2.49. The molecule has 98 valence electrons. The molecule has 1 aromatic carbocycles. The zero-order chi connectivity index (χ0) is 13.8. The maximum Gasteiger partial charge on any atom is 0.405 e. The number of benzene rings is 1. The molecule has 0 aromatic heterocycles. The second-order valence-electron chi connectivity index (χ2n) is 3.56. The van der Waals surface area contributed by atoms with Gasteiger partial charge in [0, 0.05) is 11.3 Å². The molecule has 0 spiro atoms. The van der Waals surface area contributed by atoms with Crippen LogP contribution >= 0.6 is 0 Å². The number of urea groups is 1. The van der Waals surface area contributed by atoms with Crippen molar-refractivity contribution in [1.29, 1.82) is 0 Å². The number of rotatable bonds is 3. The molecule has 1 rings (SSSR count). The van der Waals surface area contributed by atoms with E-state index in [0.29, 0.717) is 23.1 Å². The minimum Gasteiger partial charge on any atom is -0.329 e. The fourth-order valence-electron chi connectivity index (χ4n) is 1.26. The van der Waals surface area contributed by atoms with Crippen LogP contribution in [-0.4, -0.2) is 25.0 Å². The third-order valence-electron chi connectivity index (χ3n) is 2.20. The van der Waals surface area contributed by atoms with Crippen LogP contribution in [0.2, 0.25) is 0 Å². The standard InChI is InChI=1S/C11H11F3N2O2/c1-7-8(5-17)3-2-4-9(7)16-10(18)15-6-11(12,13)14/h2-5H,6H2,1H3,(H2,15,16,18). The normalized spacial score (nSPS) is 10.9. The fraction of sp³-hybridized carbons (Fsp3) is 0.273. The van der Waals surface area contributed by atoms with Crippen molar-refractivity contribution in [3.8, 4) is 0 Å². The van der Waals surface area contributed by atoms with E-state index in [4.69, 9.17) is 0 Å². The van der Waals surface area contributed by atoms with Crippen molar-refractivity contribution in [3.63, 3.8) is 0 Å². The van der Waals surface area contributed by atoms with Gasteiger partial charge >= 0.3 is 12.2 Å². The molecular formula is C11H11F3N2O2. The van der Waals surface area contributed by atoms with E-state index in [1.165, 1.54) is 12.1 Å². The number of alkyl halides is 3. The summed E-state index contributed by atoms with van der Waals surface area (Å²) in [7, 11) is 0. The quantitative estimate of drug-likeness (QED) is 0.820. The second kappa shape index (κ2) is 5.52. The Morgan fingerprint density at radius 1 is 1.39 bits per heavy atom. The van der Waals surface area contributed by atoms with Gasteiger partial charge in [0.25, 0.3) is 0 Å². The molecule has 0 saturated carbocycles. The van der Waals surface area contributed by atoms with Gasteiger partial charge in [0.05, 0.1) is 0 Å². The van der Waals surface area contributed by atoms with Gasteiger partial charge in [-0.25, -0.2) is 4.79 Å². The maximum absolute atomic E-state index is 11.9. The molecule has 1 aromatic rings. The molecule has 4 nitrogen and oxygen atoms in total. The third kappa shape index (κ3) is 4.08. The minimum atomic E-state index is -4.46. The molecule has 0 aliphatic carbocycles. The first kappa shape index (κ1) is 14.0. The van der Waals surface area contributed by atoms with Crippen LogP contribution in [0.15, 0.2) is 18.2 Å². The number of anilines is 1. The Morgan fingerprint density at radius 2 is 2.06 bits per heavy atom. The Morgan fingerprint density at radius 3 is 2.61 bits per heavy atom. The van der Waals surface area contributed by atoms with Crippen molar-refractivity contribution in [2.75, 3.05) is 11.9 Å². The number of halogens is 3. The first-order valence-electron chi connectivity index (χ1n) is 5.00. The molecule has 0 fully saturated rings. The average Bonchev–Trinajstić information content (AvgIpc) is 2.28. The van der Waals surface area contributed by atoms with Crippen LogP contribution in [0.4, 0.5) is 23.7 Å². The van der Waals surface area contributed by atoms with Gasteiger partial charge in [0.1, 0.15) is 12.8 Å². The van der Waals surface area contributed by atoms with Crippen LogP contribution in [0.25, 0.3) is 0 Å². The maximum atomic E-state index is 11.9. The van der Waals surface area contributed by atoms with E-state index in [9.17, 15) is 22.8 Å². The van der Waals surface area contributed by atoms with E-state index >= 15 is 0 Å². The van der Waals surface area contributed by atoms with Crippen molar-refractivity contribution in [1.82, 2.24) is 5.32 Å². The average molecular weight is 260 g/mol. The number of hydrogen-bond acceptors (Lipinski definition) is 2. The molecule has 0 aliphatic rings. The highest BCUT2D eigenvalue weighted by Crippen LogP contribution is 2.17. The van der Waals surface area contributed by atoms with E-state index in [1.54, 1.807) is 18.3 Å². The fourth-order valence-corrected chi connectivity index (χ4v) is 1.26. The SMILES string of the molecule is Cc1c(C=O)cccc1NC(=O)NCC(F)(F)F. The van der Waals surface area contributed by atoms with Gasteiger partial charge in [-0.2, -0.15) is 13.2 Å². The monoisotopic (exact) mass is 260 g/mol. The van der Waals surface area contributed by atoms with Gasteiger partial charge in [-0.05, 0) is 18.6 Å². The Kier molecular flexibility index (Phi) is 4.30. The molecule has 0 saturated heterocycles. The number of carbonyl (C=O) groups is 2. The van der Waals surface area contributed by atoms with E-state index in [2.05, 4.69) is 5.32 Å².